The van der Waals surface area contributed by atoms with Gasteiger partial charge in [0.25, 0.3) is 0 Å². The molecule has 2 saturated carbocycles. The molecule has 3 nitrogen and oxygen atoms in total. The van der Waals surface area contributed by atoms with E-state index < -0.39 is 0 Å². The summed E-state index contributed by atoms with van der Waals surface area (Å²) in [6, 6.07) is 0.150. The highest BCUT2D eigenvalue weighted by Gasteiger charge is 2.50. The molecule has 0 radical (unpaired) electrons. The third-order valence-electron chi connectivity index (χ3n) is 4.80. The average molecular weight is 291 g/mol. The van der Waals surface area contributed by atoms with Crippen molar-refractivity contribution in [3.05, 3.63) is 0 Å². The number of hydrogen-bond donors (Lipinski definition) is 1. The Balaban J connectivity index is 0.00000120. The largest absolute Gasteiger partial charge is 0.342 e. The molecule has 4 unspecified atom stereocenters. The molecule has 0 spiro atoms. The van der Waals surface area contributed by atoms with Crippen molar-refractivity contribution in [2.75, 3.05) is 24.6 Å². The number of nitrogens with two attached hydrogens (primary N) is 1. The molecule has 1 amide bonds. The maximum atomic E-state index is 12.6. The van der Waals surface area contributed by atoms with Gasteiger partial charge >= 0.3 is 0 Å². The summed E-state index contributed by atoms with van der Waals surface area (Å²) < 4.78 is 0. The molecule has 0 aromatic rings. The summed E-state index contributed by atoms with van der Waals surface area (Å²) in [5.41, 5.74) is 6.26. The van der Waals surface area contributed by atoms with Crippen molar-refractivity contribution < 1.29 is 4.79 Å². The van der Waals surface area contributed by atoms with Crippen molar-refractivity contribution in [3.8, 4) is 0 Å². The minimum atomic E-state index is 0. The number of fused-ring (bicyclic) bond motifs is 2. The lowest BCUT2D eigenvalue weighted by molar-refractivity contribution is -0.137. The zero-order chi connectivity index (χ0) is 11.8. The Morgan fingerprint density at radius 3 is 2.67 bits per heavy atom. The number of rotatable bonds is 1. The van der Waals surface area contributed by atoms with E-state index in [0.29, 0.717) is 17.7 Å². The fraction of sp³-hybridized carbons (Fsp3) is 0.923. The van der Waals surface area contributed by atoms with Crippen LogP contribution < -0.4 is 5.73 Å². The van der Waals surface area contributed by atoms with Gasteiger partial charge in [-0.15, -0.1) is 12.4 Å². The van der Waals surface area contributed by atoms with Crippen LogP contribution in [0.15, 0.2) is 0 Å². The third kappa shape index (κ3) is 2.52. The molecule has 2 aliphatic carbocycles. The van der Waals surface area contributed by atoms with Crippen molar-refractivity contribution in [1.82, 2.24) is 4.90 Å². The SMILES string of the molecule is Cl.NC1C2CCC(C2)C1C(=O)N1CCCSCC1. The highest BCUT2D eigenvalue weighted by molar-refractivity contribution is 7.99. The monoisotopic (exact) mass is 290 g/mol. The predicted molar refractivity (Wildman–Crippen MR) is 78.1 cm³/mol. The molecular weight excluding hydrogens is 268 g/mol. The van der Waals surface area contributed by atoms with Gasteiger partial charge in [-0.05, 0) is 43.3 Å². The fourth-order valence-electron chi connectivity index (χ4n) is 3.88. The van der Waals surface area contributed by atoms with Gasteiger partial charge in [-0.1, -0.05) is 0 Å². The number of amides is 1. The number of halogens is 1. The second-order valence-electron chi connectivity index (χ2n) is 5.73. The fourth-order valence-corrected chi connectivity index (χ4v) is 4.77. The molecule has 18 heavy (non-hydrogen) atoms. The molecule has 0 aromatic carbocycles. The summed E-state index contributed by atoms with van der Waals surface area (Å²) in [6.45, 7) is 1.89. The Kier molecular flexibility index (Phi) is 4.84. The Morgan fingerprint density at radius 1 is 1.17 bits per heavy atom. The van der Waals surface area contributed by atoms with Gasteiger partial charge in [0.2, 0.25) is 5.91 Å². The molecule has 5 heteroatoms. The van der Waals surface area contributed by atoms with E-state index in [1.807, 2.05) is 11.8 Å². The molecular formula is C13H23ClN2OS. The van der Waals surface area contributed by atoms with E-state index in [1.54, 1.807) is 0 Å². The first-order chi connectivity index (χ1) is 8.27. The summed E-state index contributed by atoms with van der Waals surface area (Å²) in [5, 5.41) is 0. The number of nitrogens with zero attached hydrogens (tertiary/aromatic N) is 1. The first-order valence-electron chi connectivity index (χ1n) is 6.89. The van der Waals surface area contributed by atoms with E-state index in [1.165, 1.54) is 25.0 Å². The standard InChI is InChI=1S/C13H22N2OS.ClH/c14-12-10-3-2-9(8-10)11(12)13(16)15-4-1-6-17-7-5-15;/h9-12H,1-8,14H2;1H. The molecule has 3 aliphatic rings. The lowest BCUT2D eigenvalue weighted by Crippen LogP contribution is -2.47. The van der Waals surface area contributed by atoms with Crippen LogP contribution in [-0.2, 0) is 4.79 Å². The van der Waals surface area contributed by atoms with E-state index in [9.17, 15) is 4.79 Å². The summed E-state index contributed by atoms with van der Waals surface area (Å²) in [4.78, 5) is 14.7. The quantitative estimate of drug-likeness (QED) is 0.800. The van der Waals surface area contributed by atoms with Gasteiger partial charge in [-0.25, -0.2) is 0 Å². The van der Waals surface area contributed by atoms with E-state index >= 15 is 0 Å². The highest BCUT2D eigenvalue weighted by atomic mass is 35.5. The Hall–Kier alpha value is 0.0700. The second kappa shape index (κ2) is 6.02. The van der Waals surface area contributed by atoms with E-state index in [0.717, 1.165) is 25.3 Å². The van der Waals surface area contributed by atoms with Gasteiger partial charge in [0, 0.05) is 24.9 Å². The Bertz CT molecular complexity index is 305. The first kappa shape index (κ1) is 14.5. The van der Waals surface area contributed by atoms with Gasteiger partial charge in [0.15, 0.2) is 0 Å². The van der Waals surface area contributed by atoms with Crippen molar-refractivity contribution in [2.24, 2.45) is 23.5 Å². The maximum Gasteiger partial charge on any atom is 0.227 e. The van der Waals surface area contributed by atoms with Gasteiger partial charge in [0.05, 0.1) is 5.92 Å². The summed E-state index contributed by atoms with van der Waals surface area (Å²) in [5.74, 6) is 4.05. The maximum absolute atomic E-state index is 12.6. The summed E-state index contributed by atoms with van der Waals surface area (Å²) in [7, 11) is 0. The zero-order valence-corrected chi connectivity index (χ0v) is 12.3. The van der Waals surface area contributed by atoms with Crippen LogP contribution in [0.5, 0.6) is 0 Å². The van der Waals surface area contributed by atoms with Crippen LogP contribution in [0.1, 0.15) is 25.7 Å². The van der Waals surface area contributed by atoms with Gasteiger partial charge in [-0.3, -0.25) is 4.79 Å². The van der Waals surface area contributed by atoms with Crippen LogP contribution in [0.25, 0.3) is 0 Å². The lowest BCUT2D eigenvalue weighted by Gasteiger charge is -2.32. The lowest BCUT2D eigenvalue weighted by atomic mass is 9.84. The summed E-state index contributed by atoms with van der Waals surface area (Å²) in [6.07, 6.45) is 4.84. The van der Waals surface area contributed by atoms with Crippen LogP contribution in [0, 0.1) is 17.8 Å². The molecule has 4 atom stereocenters. The predicted octanol–water partition coefficient (Wildman–Crippen LogP) is 1.75. The smallest absolute Gasteiger partial charge is 0.227 e. The van der Waals surface area contributed by atoms with Crippen molar-refractivity contribution >= 4 is 30.1 Å². The zero-order valence-electron chi connectivity index (χ0n) is 10.7. The normalized spacial score (nSPS) is 39.3. The topological polar surface area (TPSA) is 46.3 Å². The van der Waals surface area contributed by atoms with E-state index in [-0.39, 0.29) is 24.4 Å². The minimum Gasteiger partial charge on any atom is -0.342 e. The number of carbonyl (C=O) groups excluding carboxylic acids is 1. The van der Waals surface area contributed by atoms with E-state index in [2.05, 4.69) is 4.90 Å². The second-order valence-corrected chi connectivity index (χ2v) is 6.95. The number of hydrogen-bond acceptors (Lipinski definition) is 3. The molecule has 2 bridgehead atoms. The molecule has 3 fully saturated rings. The molecule has 104 valence electrons. The van der Waals surface area contributed by atoms with Crippen LogP contribution in [0.2, 0.25) is 0 Å². The molecule has 2 N–H and O–H groups in total. The van der Waals surface area contributed by atoms with Crippen LogP contribution in [0.3, 0.4) is 0 Å². The molecule has 0 aromatic heterocycles. The van der Waals surface area contributed by atoms with Gasteiger partial charge < -0.3 is 10.6 Å². The third-order valence-corrected chi connectivity index (χ3v) is 5.85. The van der Waals surface area contributed by atoms with Gasteiger partial charge in [0.1, 0.15) is 0 Å². The number of carbonyl (C=O) groups is 1. The number of thioether (sulfide) groups is 1. The molecule has 1 aliphatic heterocycles. The summed E-state index contributed by atoms with van der Waals surface area (Å²) >= 11 is 1.97. The molecule has 3 rings (SSSR count). The molecule has 1 heterocycles. The average Bonchev–Trinajstić information content (AvgIpc) is 2.79. The van der Waals surface area contributed by atoms with Crippen LogP contribution in [0.4, 0.5) is 0 Å². The Morgan fingerprint density at radius 2 is 1.94 bits per heavy atom. The van der Waals surface area contributed by atoms with Gasteiger partial charge in [-0.2, -0.15) is 11.8 Å². The van der Waals surface area contributed by atoms with Crippen molar-refractivity contribution in [3.63, 3.8) is 0 Å². The van der Waals surface area contributed by atoms with Crippen LogP contribution >= 0.6 is 24.2 Å². The minimum absolute atomic E-state index is 0. The van der Waals surface area contributed by atoms with Crippen molar-refractivity contribution in [2.45, 2.75) is 31.7 Å². The first-order valence-corrected chi connectivity index (χ1v) is 8.05. The Labute approximate surface area is 120 Å². The van der Waals surface area contributed by atoms with E-state index in [4.69, 9.17) is 5.73 Å². The van der Waals surface area contributed by atoms with Crippen molar-refractivity contribution in [1.29, 1.82) is 0 Å². The highest BCUT2D eigenvalue weighted by Crippen LogP contribution is 2.48. The van der Waals surface area contributed by atoms with Crippen LogP contribution in [-0.4, -0.2) is 41.4 Å². The molecule has 1 saturated heterocycles.